The van der Waals surface area contributed by atoms with Crippen molar-refractivity contribution in [1.82, 2.24) is 0 Å². The Hall–Kier alpha value is -1.61. The molecule has 4 heteroatoms. The smallest absolute Gasteiger partial charge is 0.328 e. The molecule has 16 heavy (non-hydrogen) atoms. The molecule has 1 unspecified atom stereocenters. The molecule has 84 valence electrons. The van der Waals surface area contributed by atoms with E-state index in [9.17, 15) is 9.59 Å². The molecule has 0 aliphatic carbocycles. The van der Waals surface area contributed by atoms with Crippen LogP contribution in [0.1, 0.15) is 22.8 Å². The van der Waals surface area contributed by atoms with Crippen LogP contribution in [0, 0.1) is 0 Å². The quantitative estimate of drug-likeness (QED) is 0.498. The van der Waals surface area contributed by atoms with Crippen LogP contribution in [0.2, 0.25) is 0 Å². The van der Waals surface area contributed by atoms with E-state index in [0.29, 0.717) is 11.1 Å². The maximum absolute atomic E-state index is 11.7. The average molecular weight is 239 g/mol. The second-order valence-electron chi connectivity index (χ2n) is 3.24. The molecule has 0 radical (unpaired) electrons. The normalized spacial score (nSPS) is 12.6. The summed E-state index contributed by atoms with van der Waals surface area (Å²) in [5.41, 5.74) is 0.991. The minimum absolute atomic E-state index is 0.215. The zero-order valence-corrected chi connectivity index (χ0v) is 9.44. The van der Waals surface area contributed by atoms with Crippen LogP contribution in [-0.4, -0.2) is 22.2 Å². The Morgan fingerprint density at radius 2 is 2.00 bits per heavy atom. The number of Topliss-reactive ketones (excluding diaryl/α,β-unsaturated/α-hetero) is 1. The predicted octanol–water partition coefficient (Wildman–Crippen LogP) is 2.59. The minimum Gasteiger partial charge on any atom is -0.478 e. The number of alkyl halides is 1. The van der Waals surface area contributed by atoms with E-state index in [0.717, 1.165) is 6.08 Å². The lowest BCUT2D eigenvalue weighted by atomic mass is 10.0. The number of hydrogen-bond donors (Lipinski definition) is 1. The number of carboxylic acids is 1. The molecule has 1 aromatic rings. The molecule has 0 bridgehead atoms. The number of halogens is 1. The number of rotatable bonds is 4. The molecule has 0 saturated carbocycles. The SMILES string of the molecule is CC(Cl)C(=O)c1ccccc1C=CC(=O)O. The van der Waals surface area contributed by atoms with E-state index >= 15 is 0 Å². The number of benzene rings is 1. The first-order valence-electron chi connectivity index (χ1n) is 4.70. The Kier molecular flexibility index (Phi) is 4.26. The molecule has 1 rings (SSSR count). The first-order valence-corrected chi connectivity index (χ1v) is 5.14. The van der Waals surface area contributed by atoms with E-state index < -0.39 is 11.3 Å². The lowest BCUT2D eigenvalue weighted by Crippen LogP contribution is -2.11. The summed E-state index contributed by atoms with van der Waals surface area (Å²) in [6.07, 6.45) is 2.37. The van der Waals surface area contributed by atoms with Crippen molar-refractivity contribution in [2.24, 2.45) is 0 Å². The van der Waals surface area contributed by atoms with Crippen LogP contribution in [0.15, 0.2) is 30.3 Å². The molecule has 1 N–H and O–H groups in total. The van der Waals surface area contributed by atoms with Gasteiger partial charge in [0.05, 0.1) is 5.38 Å². The number of carbonyl (C=O) groups excluding carboxylic acids is 1. The Labute approximate surface area is 98.4 Å². The molecule has 0 aliphatic rings. The molecule has 0 saturated heterocycles. The molecule has 0 fully saturated rings. The fraction of sp³-hybridized carbons (Fsp3) is 0.167. The van der Waals surface area contributed by atoms with Crippen LogP contribution in [0.5, 0.6) is 0 Å². The molecule has 0 amide bonds. The monoisotopic (exact) mass is 238 g/mol. The predicted molar refractivity (Wildman–Crippen MR) is 62.8 cm³/mol. The van der Waals surface area contributed by atoms with Crippen LogP contribution in [0.25, 0.3) is 6.08 Å². The van der Waals surface area contributed by atoms with Crippen LogP contribution in [0.4, 0.5) is 0 Å². The Balaban J connectivity index is 3.10. The highest BCUT2D eigenvalue weighted by Gasteiger charge is 2.14. The van der Waals surface area contributed by atoms with Gasteiger partial charge in [-0.2, -0.15) is 0 Å². The van der Waals surface area contributed by atoms with E-state index in [1.807, 2.05) is 0 Å². The fourth-order valence-corrected chi connectivity index (χ4v) is 1.36. The van der Waals surface area contributed by atoms with Crippen molar-refractivity contribution < 1.29 is 14.7 Å². The average Bonchev–Trinajstić information content (AvgIpc) is 2.25. The van der Waals surface area contributed by atoms with Crippen molar-refractivity contribution >= 4 is 29.4 Å². The third kappa shape index (κ3) is 3.21. The molecule has 0 heterocycles. The van der Waals surface area contributed by atoms with Crippen molar-refractivity contribution in [3.05, 3.63) is 41.5 Å². The number of ketones is 1. The van der Waals surface area contributed by atoms with Crippen molar-refractivity contribution in [3.63, 3.8) is 0 Å². The maximum Gasteiger partial charge on any atom is 0.328 e. The number of hydrogen-bond acceptors (Lipinski definition) is 2. The van der Waals surface area contributed by atoms with Crippen LogP contribution in [-0.2, 0) is 4.79 Å². The second kappa shape index (κ2) is 5.47. The molecule has 0 aliphatic heterocycles. The van der Waals surface area contributed by atoms with E-state index in [-0.39, 0.29) is 5.78 Å². The summed E-state index contributed by atoms with van der Waals surface area (Å²) in [4.78, 5) is 22.1. The molecule has 1 aromatic carbocycles. The van der Waals surface area contributed by atoms with Crippen molar-refractivity contribution in [3.8, 4) is 0 Å². The van der Waals surface area contributed by atoms with Gasteiger partial charge in [0.15, 0.2) is 5.78 Å². The lowest BCUT2D eigenvalue weighted by molar-refractivity contribution is -0.131. The molecule has 0 aromatic heterocycles. The fourth-order valence-electron chi connectivity index (χ4n) is 1.24. The third-order valence-corrected chi connectivity index (χ3v) is 2.19. The second-order valence-corrected chi connectivity index (χ2v) is 3.89. The number of carboxylic acid groups (broad SMARTS) is 1. The van der Waals surface area contributed by atoms with Gasteiger partial charge >= 0.3 is 5.97 Å². The third-order valence-electron chi connectivity index (χ3n) is 1.99. The van der Waals surface area contributed by atoms with Crippen LogP contribution >= 0.6 is 11.6 Å². The summed E-state index contributed by atoms with van der Waals surface area (Å²) >= 11 is 5.71. The van der Waals surface area contributed by atoms with E-state index in [1.54, 1.807) is 31.2 Å². The Morgan fingerprint density at radius 3 is 2.56 bits per heavy atom. The maximum atomic E-state index is 11.7. The summed E-state index contributed by atoms with van der Waals surface area (Å²) in [6, 6.07) is 6.75. The van der Waals surface area contributed by atoms with Gasteiger partial charge in [0.25, 0.3) is 0 Å². The number of aliphatic carboxylic acids is 1. The van der Waals surface area contributed by atoms with Gasteiger partial charge in [-0.25, -0.2) is 4.79 Å². The summed E-state index contributed by atoms with van der Waals surface area (Å²) in [6.45, 7) is 1.58. The van der Waals surface area contributed by atoms with Gasteiger partial charge in [0.1, 0.15) is 0 Å². The van der Waals surface area contributed by atoms with Crippen molar-refractivity contribution in [1.29, 1.82) is 0 Å². The van der Waals surface area contributed by atoms with E-state index in [2.05, 4.69) is 0 Å². The van der Waals surface area contributed by atoms with Crippen molar-refractivity contribution in [2.45, 2.75) is 12.3 Å². The van der Waals surface area contributed by atoms with Crippen LogP contribution < -0.4 is 0 Å². The lowest BCUT2D eigenvalue weighted by Gasteiger charge is -2.05. The molecular weight excluding hydrogens is 228 g/mol. The molecular formula is C12H11ClO3. The minimum atomic E-state index is -1.05. The van der Waals surface area contributed by atoms with Crippen molar-refractivity contribution in [2.75, 3.05) is 0 Å². The van der Waals surface area contributed by atoms with Gasteiger partial charge in [-0.1, -0.05) is 24.3 Å². The summed E-state index contributed by atoms with van der Waals surface area (Å²) in [5.74, 6) is -1.27. The largest absolute Gasteiger partial charge is 0.478 e. The molecule has 0 spiro atoms. The van der Waals surface area contributed by atoms with Gasteiger partial charge in [0, 0.05) is 11.6 Å². The van der Waals surface area contributed by atoms with E-state index in [1.165, 1.54) is 6.08 Å². The topological polar surface area (TPSA) is 54.4 Å². The zero-order valence-electron chi connectivity index (χ0n) is 8.68. The first-order chi connectivity index (χ1) is 7.52. The first kappa shape index (κ1) is 12.5. The summed E-state index contributed by atoms with van der Waals surface area (Å²) < 4.78 is 0. The van der Waals surface area contributed by atoms with E-state index in [4.69, 9.17) is 16.7 Å². The highest BCUT2D eigenvalue weighted by atomic mass is 35.5. The Bertz CT molecular complexity index is 436. The van der Waals surface area contributed by atoms with Crippen LogP contribution in [0.3, 0.4) is 0 Å². The Morgan fingerprint density at radius 1 is 1.38 bits per heavy atom. The highest BCUT2D eigenvalue weighted by Crippen LogP contribution is 2.15. The summed E-state index contributed by atoms with van der Waals surface area (Å²) in [7, 11) is 0. The van der Waals surface area contributed by atoms with Gasteiger partial charge < -0.3 is 5.11 Å². The zero-order chi connectivity index (χ0) is 12.1. The van der Waals surface area contributed by atoms with Gasteiger partial charge in [-0.05, 0) is 18.6 Å². The molecule has 1 atom stereocenters. The number of carbonyl (C=O) groups is 2. The summed E-state index contributed by atoms with van der Waals surface area (Å²) in [5, 5.41) is 7.89. The van der Waals surface area contributed by atoms with Gasteiger partial charge in [0.2, 0.25) is 0 Å². The highest BCUT2D eigenvalue weighted by molar-refractivity contribution is 6.34. The van der Waals surface area contributed by atoms with Gasteiger partial charge in [-0.3, -0.25) is 4.79 Å². The molecule has 3 nitrogen and oxygen atoms in total. The standard InChI is InChI=1S/C12H11ClO3/c1-8(13)12(16)10-5-3-2-4-9(10)6-7-11(14)15/h2-8H,1H3,(H,14,15). The van der Waals surface area contributed by atoms with Gasteiger partial charge in [-0.15, -0.1) is 11.6 Å².